The number of nitrogens with one attached hydrogen (secondary N) is 1. The van der Waals surface area contributed by atoms with Crippen LogP contribution in [-0.2, 0) is 11.3 Å². The van der Waals surface area contributed by atoms with Gasteiger partial charge in [-0.3, -0.25) is 4.79 Å². The summed E-state index contributed by atoms with van der Waals surface area (Å²) in [5.74, 6) is 1.34. The molecule has 132 valence electrons. The summed E-state index contributed by atoms with van der Waals surface area (Å²) in [6.07, 6.45) is 1.73. The number of hydrogen-bond acceptors (Lipinski definition) is 5. The van der Waals surface area contributed by atoms with E-state index in [0.717, 1.165) is 29.7 Å². The highest BCUT2D eigenvalue weighted by molar-refractivity contribution is 5.98. The number of anilines is 1. The lowest BCUT2D eigenvalue weighted by atomic mass is 10.1. The number of carbonyl (C=O) groups excluding carboxylic acids is 1. The number of hydrogen-bond donors (Lipinski definition) is 1. The maximum absolute atomic E-state index is 12.5. The zero-order chi connectivity index (χ0) is 17.8. The monoisotopic (exact) mass is 348 g/mol. The van der Waals surface area contributed by atoms with E-state index in [-0.39, 0.29) is 5.91 Å². The Morgan fingerprint density at radius 2 is 1.88 bits per heavy atom. The van der Waals surface area contributed by atoms with E-state index < -0.39 is 0 Å². The fraction of sp³-hybridized carbons (Fsp3) is 0.250. The molecule has 0 saturated carbocycles. The van der Waals surface area contributed by atoms with Crippen LogP contribution in [0.25, 0.3) is 10.8 Å². The first-order chi connectivity index (χ1) is 12.8. The van der Waals surface area contributed by atoms with E-state index in [0.29, 0.717) is 31.1 Å². The molecule has 2 heterocycles. The number of carbonyl (C=O) groups is 1. The third-order valence-corrected chi connectivity index (χ3v) is 4.44. The Kier molecular flexibility index (Phi) is 4.75. The lowest BCUT2D eigenvalue weighted by molar-refractivity contribution is 0.0950. The Morgan fingerprint density at radius 3 is 2.73 bits per heavy atom. The van der Waals surface area contributed by atoms with Gasteiger partial charge < -0.3 is 15.0 Å². The number of fused-ring (bicyclic) bond motifs is 1. The van der Waals surface area contributed by atoms with Gasteiger partial charge in [0.25, 0.3) is 5.91 Å². The molecule has 3 aromatic rings. The molecule has 1 aromatic heterocycles. The molecule has 0 unspecified atom stereocenters. The molecule has 6 nitrogen and oxygen atoms in total. The Labute approximate surface area is 151 Å². The summed E-state index contributed by atoms with van der Waals surface area (Å²) in [4.78, 5) is 23.4. The standard InChI is InChI=1S/C20H20N4O2/c25-20(17-6-5-15-3-1-2-4-16(15)13-17)22-14-18-21-8-7-19(23-18)24-9-11-26-12-10-24/h1-8,13H,9-12,14H2,(H,22,25). The van der Waals surface area contributed by atoms with Crippen molar-refractivity contribution in [2.75, 3.05) is 31.2 Å². The molecule has 0 radical (unpaired) electrons. The minimum Gasteiger partial charge on any atom is -0.378 e. The van der Waals surface area contributed by atoms with Crippen LogP contribution in [0.5, 0.6) is 0 Å². The largest absolute Gasteiger partial charge is 0.378 e. The van der Waals surface area contributed by atoms with Crippen molar-refractivity contribution in [1.82, 2.24) is 15.3 Å². The third-order valence-electron chi connectivity index (χ3n) is 4.44. The van der Waals surface area contributed by atoms with Crippen LogP contribution in [0.1, 0.15) is 16.2 Å². The minimum absolute atomic E-state index is 0.129. The number of nitrogens with zero attached hydrogens (tertiary/aromatic N) is 3. The molecule has 0 atom stereocenters. The molecule has 0 aliphatic carbocycles. The third kappa shape index (κ3) is 3.65. The van der Waals surface area contributed by atoms with Crippen LogP contribution in [0.3, 0.4) is 0 Å². The SMILES string of the molecule is O=C(NCc1nccc(N2CCOCC2)n1)c1ccc2ccccc2c1. The van der Waals surface area contributed by atoms with Crippen molar-refractivity contribution in [2.45, 2.75) is 6.54 Å². The molecule has 1 saturated heterocycles. The molecule has 0 bridgehead atoms. The average molecular weight is 348 g/mol. The minimum atomic E-state index is -0.129. The second-order valence-corrected chi connectivity index (χ2v) is 6.18. The van der Waals surface area contributed by atoms with Gasteiger partial charge in [-0.05, 0) is 29.0 Å². The molecule has 6 heteroatoms. The molecule has 4 rings (SSSR count). The molecule has 1 aliphatic heterocycles. The second-order valence-electron chi connectivity index (χ2n) is 6.18. The van der Waals surface area contributed by atoms with Crippen LogP contribution in [0.2, 0.25) is 0 Å². The number of morpholine rings is 1. The molecule has 26 heavy (non-hydrogen) atoms. The first-order valence-corrected chi connectivity index (χ1v) is 8.71. The van der Waals surface area contributed by atoms with E-state index in [1.165, 1.54) is 0 Å². The van der Waals surface area contributed by atoms with Crippen LogP contribution < -0.4 is 10.2 Å². The highest BCUT2D eigenvalue weighted by atomic mass is 16.5. The lowest BCUT2D eigenvalue weighted by Gasteiger charge is -2.27. The van der Waals surface area contributed by atoms with E-state index >= 15 is 0 Å². The fourth-order valence-corrected chi connectivity index (χ4v) is 3.03. The number of amides is 1. The first-order valence-electron chi connectivity index (χ1n) is 8.71. The number of ether oxygens (including phenoxy) is 1. The van der Waals surface area contributed by atoms with Crippen molar-refractivity contribution in [3.63, 3.8) is 0 Å². The molecule has 1 amide bonds. The van der Waals surface area contributed by atoms with Gasteiger partial charge in [-0.1, -0.05) is 30.3 Å². The fourth-order valence-electron chi connectivity index (χ4n) is 3.03. The highest BCUT2D eigenvalue weighted by Crippen LogP contribution is 2.16. The molecule has 2 aromatic carbocycles. The first kappa shape index (κ1) is 16.5. The Balaban J connectivity index is 1.43. The Morgan fingerprint density at radius 1 is 1.08 bits per heavy atom. The van der Waals surface area contributed by atoms with E-state index in [1.807, 2.05) is 48.5 Å². The van der Waals surface area contributed by atoms with Crippen molar-refractivity contribution in [3.05, 3.63) is 66.1 Å². The van der Waals surface area contributed by atoms with Gasteiger partial charge in [-0.2, -0.15) is 0 Å². The van der Waals surface area contributed by atoms with E-state index in [2.05, 4.69) is 20.2 Å². The van der Waals surface area contributed by atoms with E-state index in [9.17, 15) is 4.79 Å². The summed E-state index contributed by atoms with van der Waals surface area (Å²) in [6, 6.07) is 15.6. The summed E-state index contributed by atoms with van der Waals surface area (Å²) >= 11 is 0. The van der Waals surface area contributed by atoms with Gasteiger partial charge in [0.2, 0.25) is 0 Å². The predicted molar refractivity (Wildman–Crippen MR) is 100 cm³/mol. The van der Waals surface area contributed by atoms with Gasteiger partial charge in [0.05, 0.1) is 19.8 Å². The van der Waals surface area contributed by atoms with Crippen molar-refractivity contribution >= 4 is 22.5 Å². The maximum Gasteiger partial charge on any atom is 0.251 e. The lowest BCUT2D eigenvalue weighted by Crippen LogP contribution is -2.37. The van der Waals surface area contributed by atoms with Gasteiger partial charge in [-0.25, -0.2) is 9.97 Å². The summed E-state index contributed by atoms with van der Waals surface area (Å²) in [5.41, 5.74) is 0.632. The van der Waals surface area contributed by atoms with Crippen molar-refractivity contribution in [1.29, 1.82) is 0 Å². The predicted octanol–water partition coefficient (Wildman–Crippen LogP) is 2.40. The van der Waals surface area contributed by atoms with Gasteiger partial charge >= 0.3 is 0 Å². The Hall–Kier alpha value is -2.99. The molecular formula is C20H20N4O2. The summed E-state index contributed by atoms with van der Waals surface area (Å²) < 4.78 is 5.37. The van der Waals surface area contributed by atoms with Gasteiger partial charge in [0.1, 0.15) is 11.6 Å². The van der Waals surface area contributed by atoms with Crippen molar-refractivity contribution in [3.8, 4) is 0 Å². The van der Waals surface area contributed by atoms with Crippen molar-refractivity contribution in [2.24, 2.45) is 0 Å². The zero-order valence-electron chi connectivity index (χ0n) is 14.4. The maximum atomic E-state index is 12.5. The zero-order valence-corrected chi connectivity index (χ0v) is 14.4. The molecule has 1 N–H and O–H groups in total. The quantitative estimate of drug-likeness (QED) is 0.784. The smallest absolute Gasteiger partial charge is 0.251 e. The number of aromatic nitrogens is 2. The Bertz CT molecular complexity index is 922. The van der Waals surface area contributed by atoms with Crippen LogP contribution >= 0.6 is 0 Å². The van der Waals surface area contributed by atoms with E-state index in [1.54, 1.807) is 6.20 Å². The molecular weight excluding hydrogens is 328 g/mol. The summed E-state index contributed by atoms with van der Waals surface area (Å²) in [6.45, 7) is 3.35. The summed E-state index contributed by atoms with van der Waals surface area (Å²) in [7, 11) is 0. The molecule has 1 fully saturated rings. The molecule has 1 aliphatic rings. The van der Waals surface area contributed by atoms with Crippen LogP contribution in [0.4, 0.5) is 5.82 Å². The topological polar surface area (TPSA) is 67.4 Å². The van der Waals surface area contributed by atoms with Gasteiger partial charge in [0.15, 0.2) is 0 Å². The number of rotatable bonds is 4. The normalized spacial score (nSPS) is 14.4. The van der Waals surface area contributed by atoms with Gasteiger partial charge in [0, 0.05) is 24.8 Å². The number of benzene rings is 2. The van der Waals surface area contributed by atoms with E-state index in [4.69, 9.17) is 4.74 Å². The van der Waals surface area contributed by atoms with Crippen molar-refractivity contribution < 1.29 is 9.53 Å². The van der Waals surface area contributed by atoms with Crippen LogP contribution in [0.15, 0.2) is 54.7 Å². The van der Waals surface area contributed by atoms with Crippen LogP contribution in [-0.4, -0.2) is 42.2 Å². The van der Waals surface area contributed by atoms with Gasteiger partial charge in [-0.15, -0.1) is 0 Å². The second kappa shape index (κ2) is 7.49. The summed E-state index contributed by atoms with van der Waals surface area (Å²) in [5, 5.41) is 5.07. The highest BCUT2D eigenvalue weighted by Gasteiger charge is 2.13. The van der Waals surface area contributed by atoms with Crippen LogP contribution in [0, 0.1) is 0 Å². The molecule has 0 spiro atoms. The average Bonchev–Trinajstić information content (AvgIpc) is 2.72.